The maximum atomic E-state index is 16.3. The molecule has 0 fully saturated rings. The van der Waals surface area contributed by atoms with E-state index in [1.807, 2.05) is 6.92 Å². The van der Waals surface area contributed by atoms with Crippen LogP contribution < -0.4 is 0 Å². The monoisotopic (exact) mass is 992 g/mol. The Morgan fingerprint density at radius 1 is 0.449 bits per heavy atom. The van der Waals surface area contributed by atoms with Crippen molar-refractivity contribution in [3.63, 3.8) is 0 Å². The maximum Gasteiger partial charge on any atom is 0.338 e. The van der Waals surface area contributed by atoms with E-state index in [9.17, 15) is 26.7 Å². The minimum Gasteiger partial charge on any atom is -0.462 e. The summed E-state index contributed by atoms with van der Waals surface area (Å²) in [6.45, 7) is 1.92. The number of nitrogens with zero attached hydrogens (tertiary/aromatic N) is 6. The normalized spacial score (nSPS) is 12.1. The summed E-state index contributed by atoms with van der Waals surface area (Å²) < 4.78 is 238. The molecule has 26 heteroatoms. The number of rotatable bonds is 6. The number of hydrogen-bond acceptors (Lipinski definition) is 9. The number of fused-ring (bicyclic) bond motifs is 20. The van der Waals surface area contributed by atoms with Crippen LogP contribution in [0.2, 0.25) is 0 Å². The Morgan fingerprint density at radius 2 is 0.783 bits per heavy atom. The maximum absolute atomic E-state index is 16.3. The van der Waals surface area contributed by atoms with Crippen LogP contribution >= 0.6 is 11.8 Å². The van der Waals surface area contributed by atoms with E-state index in [1.165, 1.54) is 24.3 Å². The molecule has 0 unspecified atom stereocenters. The van der Waals surface area contributed by atoms with Crippen molar-refractivity contribution in [3.8, 4) is 45.6 Å². The molecular formula is C43H15F15N8O2S. The average molecular weight is 993 g/mol. The van der Waals surface area contributed by atoms with Gasteiger partial charge < -0.3 is 14.7 Å². The molecule has 3 aromatic heterocycles. The molecule has 350 valence electrons. The number of benzene rings is 5. The largest absolute Gasteiger partial charge is 0.462 e. The van der Waals surface area contributed by atoms with E-state index in [0.29, 0.717) is 24.6 Å². The highest BCUT2D eigenvalue weighted by molar-refractivity contribution is 7.99. The Morgan fingerprint density at radius 3 is 1.16 bits per heavy atom. The van der Waals surface area contributed by atoms with Gasteiger partial charge in [0, 0.05) is 4.90 Å². The predicted octanol–water partition coefficient (Wildman–Crippen LogP) is 12.1. The van der Waals surface area contributed by atoms with Gasteiger partial charge in [0.05, 0.1) is 60.9 Å². The van der Waals surface area contributed by atoms with Gasteiger partial charge in [-0.25, -0.2) is 101 Å². The summed E-state index contributed by atoms with van der Waals surface area (Å²) in [5.41, 5.74) is -9.98. The Kier molecular flexibility index (Phi) is 10.6. The number of nitrogens with one attached hydrogen (secondary N) is 2. The smallest absolute Gasteiger partial charge is 0.338 e. The van der Waals surface area contributed by atoms with Crippen molar-refractivity contribution in [2.45, 2.75) is 29.6 Å². The van der Waals surface area contributed by atoms with Crippen LogP contribution in [0.1, 0.15) is 30.1 Å². The third-order valence-corrected chi connectivity index (χ3v) is 11.8. The number of ether oxygens (including phenoxy) is 1. The van der Waals surface area contributed by atoms with E-state index in [2.05, 4.69) is 39.9 Å². The zero-order valence-corrected chi connectivity index (χ0v) is 34.3. The van der Waals surface area contributed by atoms with Crippen LogP contribution in [0.5, 0.6) is 0 Å². The van der Waals surface area contributed by atoms with Gasteiger partial charge in [0.15, 0.2) is 111 Å². The molecule has 69 heavy (non-hydrogen) atoms. The fourth-order valence-corrected chi connectivity index (χ4v) is 8.50. The first-order valence-electron chi connectivity index (χ1n) is 19.4. The second-order valence-corrected chi connectivity index (χ2v) is 15.8. The summed E-state index contributed by atoms with van der Waals surface area (Å²) >= 11 is 0.299. The first kappa shape index (κ1) is 45.0. The molecule has 8 bridgehead atoms. The lowest BCUT2D eigenvalue weighted by Crippen LogP contribution is -2.06. The molecule has 2 aliphatic rings. The zero-order chi connectivity index (χ0) is 49.2. The number of H-pyrrole nitrogens is 2. The van der Waals surface area contributed by atoms with Crippen molar-refractivity contribution in [1.82, 2.24) is 39.9 Å². The van der Waals surface area contributed by atoms with Crippen LogP contribution in [0.15, 0.2) is 34.1 Å². The molecule has 0 saturated heterocycles. The minimum atomic E-state index is -2.52. The van der Waals surface area contributed by atoms with Crippen LogP contribution in [0, 0.1) is 87.3 Å². The van der Waals surface area contributed by atoms with Gasteiger partial charge in [0.2, 0.25) is 0 Å². The lowest BCUT2D eigenvalue weighted by molar-refractivity contribution is 0.0499. The van der Waals surface area contributed by atoms with Gasteiger partial charge in [0.1, 0.15) is 22.6 Å². The third kappa shape index (κ3) is 6.65. The molecule has 0 amide bonds. The lowest BCUT2D eigenvalue weighted by atomic mass is 10.1. The molecule has 0 atom stereocenters. The second kappa shape index (κ2) is 16.2. The molecule has 0 aliphatic carbocycles. The molecule has 2 aliphatic heterocycles. The fourth-order valence-electron chi connectivity index (χ4n) is 7.51. The van der Waals surface area contributed by atoms with Crippen LogP contribution in [-0.4, -0.2) is 52.4 Å². The number of aromatic amines is 2. The van der Waals surface area contributed by atoms with Crippen molar-refractivity contribution in [2.24, 2.45) is 0 Å². The van der Waals surface area contributed by atoms with Crippen LogP contribution in [0.25, 0.3) is 89.7 Å². The Bertz CT molecular complexity index is 3820. The van der Waals surface area contributed by atoms with Gasteiger partial charge >= 0.3 is 5.97 Å². The average Bonchev–Trinajstić information content (AvgIpc) is 4.08. The van der Waals surface area contributed by atoms with E-state index in [4.69, 9.17) is 4.74 Å². The third-order valence-electron chi connectivity index (χ3n) is 10.7. The van der Waals surface area contributed by atoms with E-state index >= 15 is 43.9 Å². The Balaban J connectivity index is 1.37. The standard InChI is InChI=1S/C43H15F15N8O2S/c1-2-3-8-68-43(67)9-4-6-10(7-5-9)69-34-18-17(25(50)32(57)33(34)58)41-64-39-14-13(21(46)28(53)29(54)22(14)47)37(62-39)60-35-11-12(20(45)27(52)26(51)19(11)44)36(59-35)61-38-15-16(40(63-38)65-42(18)66-41)24(49)31(56)30(55)23(15)48/h4-7H,2-3,8H2,1H3,(H2,59,60,61,62,63,64,65,66). The highest BCUT2D eigenvalue weighted by Crippen LogP contribution is 2.48. The summed E-state index contributed by atoms with van der Waals surface area (Å²) in [6, 6.07) is 4.83. The molecule has 8 aromatic rings. The van der Waals surface area contributed by atoms with Gasteiger partial charge in [-0.1, -0.05) is 25.1 Å². The van der Waals surface area contributed by atoms with E-state index < -0.39 is 188 Å². The molecule has 5 aromatic carbocycles. The van der Waals surface area contributed by atoms with Crippen molar-refractivity contribution >= 4 is 61.9 Å². The molecule has 0 spiro atoms. The molecular weight excluding hydrogens is 978 g/mol. The van der Waals surface area contributed by atoms with Crippen LogP contribution in [0.4, 0.5) is 65.9 Å². The number of carbonyl (C=O) groups excluding carboxylic acids is 1. The topological polar surface area (TPSA) is 135 Å². The van der Waals surface area contributed by atoms with E-state index in [0.717, 1.165) is 0 Å². The summed E-state index contributed by atoms with van der Waals surface area (Å²) in [4.78, 5) is 38.7. The van der Waals surface area contributed by atoms with Crippen LogP contribution in [0.3, 0.4) is 0 Å². The van der Waals surface area contributed by atoms with Gasteiger partial charge in [-0.2, -0.15) is 0 Å². The molecule has 0 radical (unpaired) electrons. The fraction of sp³-hybridized carbons (Fsp3) is 0.0930. The summed E-state index contributed by atoms with van der Waals surface area (Å²) in [7, 11) is 0. The van der Waals surface area contributed by atoms with Crippen molar-refractivity contribution in [3.05, 3.63) is 117 Å². The van der Waals surface area contributed by atoms with Crippen molar-refractivity contribution in [1.29, 1.82) is 0 Å². The summed E-state index contributed by atoms with van der Waals surface area (Å²) in [5, 5.41) is -5.62. The predicted molar refractivity (Wildman–Crippen MR) is 211 cm³/mol. The molecule has 5 heterocycles. The number of unbranched alkanes of at least 4 members (excludes halogenated alkanes) is 1. The SMILES string of the molecule is CCCCOC(=O)c1ccc(Sc2c(F)c(F)c(F)c3c2-c2nc-3nc3[nH]c(nc4nc(nc5[nH]c(n2)c2c(F)c(F)c(F)c(F)c52)-c2c(F)c(F)c(F)c(F)c2-4)c2c(F)c(F)c(F)c(F)c32)cc1. The first-order valence-corrected chi connectivity index (χ1v) is 20.2. The van der Waals surface area contributed by atoms with Gasteiger partial charge in [0.25, 0.3) is 0 Å². The van der Waals surface area contributed by atoms with Crippen LogP contribution in [-0.2, 0) is 4.74 Å². The van der Waals surface area contributed by atoms with E-state index in [1.54, 1.807) is 0 Å². The molecule has 10 rings (SSSR count). The van der Waals surface area contributed by atoms with Gasteiger partial charge in [-0.15, -0.1) is 0 Å². The van der Waals surface area contributed by atoms with Gasteiger partial charge in [-0.3, -0.25) is 0 Å². The van der Waals surface area contributed by atoms with Crippen molar-refractivity contribution < 1.29 is 75.4 Å². The minimum absolute atomic E-state index is 0.00431. The zero-order valence-electron chi connectivity index (χ0n) is 33.5. The van der Waals surface area contributed by atoms with Gasteiger partial charge in [-0.05, 0) is 30.7 Å². The Labute approximate surface area is 375 Å². The number of esters is 1. The highest BCUT2D eigenvalue weighted by atomic mass is 32.2. The van der Waals surface area contributed by atoms with Crippen molar-refractivity contribution in [2.75, 3.05) is 6.61 Å². The summed E-state index contributed by atoms with van der Waals surface area (Å²) in [6.07, 6.45) is 1.23. The Hall–Kier alpha value is -7.77. The first-order chi connectivity index (χ1) is 32.8. The molecule has 10 nitrogen and oxygen atoms in total. The number of aromatic nitrogens is 8. The second-order valence-electron chi connectivity index (χ2n) is 14.8. The quantitative estimate of drug-likeness (QED) is 0.0549. The lowest BCUT2D eigenvalue weighted by Gasteiger charge is -2.12. The molecule has 0 saturated carbocycles. The summed E-state index contributed by atoms with van der Waals surface area (Å²) in [5.74, 6) is -40.8. The number of hydrogen-bond donors (Lipinski definition) is 2. The highest BCUT2D eigenvalue weighted by Gasteiger charge is 2.37. The number of carbonyl (C=O) groups is 1. The molecule has 2 N–H and O–H groups in total. The number of halogens is 15. The van der Waals surface area contributed by atoms with E-state index in [-0.39, 0.29) is 17.1 Å².